The maximum Gasteiger partial charge on any atom is 0.264 e. The summed E-state index contributed by atoms with van der Waals surface area (Å²) < 4.78 is 33.7. The first-order valence-electron chi connectivity index (χ1n) is 9.76. The van der Waals surface area contributed by atoms with E-state index in [2.05, 4.69) is 5.32 Å². The lowest BCUT2D eigenvalue weighted by Gasteiger charge is -2.35. The zero-order valence-corrected chi connectivity index (χ0v) is 19.4. The van der Waals surface area contributed by atoms with Crippen LogP contribution in [0.2, 0.25) is 10.0 Å². The lowest BCUT2D eigenvalue weighted by molar-refractivity contribution is 0.102. The van der Waals surface area contributed by atoms with E-state index in [1.807, 2.05) is 0 Å². The molecule has 1 aliphatic heterocycles. The summed E-state index contributed by atoms with van der Waals surface area (Å²) in [7, 11) is -4.04. The number of aliphatic hydroxyl groups excluding tert-OH is 1. The van der Waals surface area contributed by atoms with Gasteiger partial charge in [-0.1, -0.05) is 35.3 Å². The number of halogens is 2. The molecule has 0 saturated heterocycles. The van der Waals surface area contributed by atoms with E-state index in [-0.39, 0.29) is 45.1 Å². The zero-order chi connectivity index (χ0) is 23.8. The van der Waals surface area contributed by atoms with Gasteiger partial charge in [0.15, 0.2) is 0 Å². The number of sulfonamides is 1. The molecule has 11 heteroatoms. The van der Waals surface area contributed by atoms with Crippen LogP contribution in [0, 0.1) is 0 Å². The maximum atomic E-state index is 13.4. The normalized spacial score (nSPS) is 15.5. The van der Waals surface area contributed by atoms with E-state index in [4.69, 9.17) is 33.7 Å². The van der Waals surface area contributed by atoms with Crippen LogP contribution in [0.5, 0.6) is 5.75 Å². The van der Waals surface area contributed by atoms with Gasteiger partial charge in [-0.15, -0.1) is 0 Å². The summed E-state index contributed by atoms with van der Waals surface area (Å²) in [5.41, 5.74) is 6.66. The molecule has 1 atom stereocenters. The molecule has 1 heterocycles. The first-order chi connectivity index (χ1) is 15.7. The Kier molecular flexibility index (Phi) is 6.40. The molecule has 0 aromatic heterocycles. The van der Waals surface area contributed by atoms with Gasteiger partial charge in [0.2, 0.25) is 0 Å². The summed E-state index contributed by atoms with van der Waals surface area (Å²) in [6, 6.07) is 15.1. The van der Waals surface area contributed by atoms with E-state index >= 15 is 0 Å². The fourth-order valence-electron chi connectivity index (χ4n) is 3.42. The number of ether oxygens (including phenoxy) is 1. The number of carbonyl (C=O) groups is 1. The van der Waals surface area contributed by atoms with Gasteiger partial charge in [0.1, 0.15) is 11.9 Å². The molecule has 4 rings (SSSR count). The molecule has 0 bridgehead atoms. The second kappa shape index (κ2) is 9.11. The van der Waals surface area contributed by atoms with Crippen molar-refractivity contribution in [2.24, 2.45) is 0 Å². The first-order valence-corrected chi connectivity index (χ1v) is 12.0. The minimum absolute atomic E-state index is 0.00988. The lowest BCUT2D eigenvalue weighted by atomic mass is 10.1. The average molecular weight is 508 g/mol. The Hall–Kier alpha value is -2.98. The number of benzene rings is 3. The summed E-state index contributed by atoms with van der Waals surface area (Å²) >= 11 is 12.2. The highest BCUT2D eigenvalue weighted by Gasteiger charge is 2.35. The van der Waals surface area contributed by atoms with Crippen LogP contribution in [-0.4, -0.2) is 38.7 Å². The maximum absolute atomic E-state index is 13.4. The molecule has 1 amide bonds. The number of carbonyl (C=O) groups excluding carboxylic acids is 1. The number of nitrogens with zero attached hydrogens (tertiary/aromatic N) is 1. The third-order valence-corrected chi connectivity index (χ3v) is 7.39. The molecule has 0 unspecified atom stereocenters. The Morgan fingerprint density at radius 3 is 2.48 bits per heavy atom. The fourth-order valence-corrected chi connectivity index (χ4v) is 5.55. The fraction of sp³-hybridized carbons (Fsp3) is 0.136. The predicted octanol–water partition coefficient (Wildman–Crippen LogP) is 3.78. The van der Waals surface area contributed by atoms with Crippen LogP contribution < -0.4 is 20.1 Å². The van der Waals surface area contributed by atoms with Crippen molar-refractivity contribution in [2.75, 3.05) is 28.5 Å². The molecule has 4 N–H and O–H groups in total. The van der Waals surface area contributed by atoms with Crippen molar-refractivity contribution in [3.8, 4) is 5.75 Å². The number of hydrogen-bond donors (Lipinski definition) is 3. The topological polar surface area (TPSA) is 122 Å². The van der Waals surface area contributed by atoms with Crippen molar-refractivity contribution in [1.29, 1.82) is 0 Å². The van der Waals surface area contributed by atoms with E-state index in [0.717, 1.165) is 4.31 Å². The largest absolute Gasteiger partial charge is 0.484 e. The molecule has 0 fully saturated rings. The molecule has 0 saturated carbocycles. The quantitative estimate of drug-likeness (QED) is 0.451. The number of hydrogen-bond acceptors (Lipinski definition) is 6. The van der Waals surface area contributed by atoms with Gasteiger partial charge >= 0.3 is 0 Å². The zero-order valence-electron chi connectivity index (χ0n) is 17.0. The Balaban J connectivity index is 1.73. The number of anilines is 3. The number of nitrogens with two attached hydrogens (primary N) is 1. The molecular formula is C22H19Cl2N3O5S. The van der Waals surface area contributed by atoms with Crippen LogP contribution in [0.4, 0.5) is 17.1 Å². The molecule has 33 heavy (non-hydrogen) atoms. The molecular weight excluding hydrogens is 489 g/mol. The summed E-state index contributed by atoms with van der Waals surface area (Å²) in [4.78, 5) is 12.8. The molecule has 0 aliphatic carbocycles. The van der Waals surface area contributed by atoms with E-state index < -0.39 is 22.0 Å². The van der Waals surface area contributed by atoms with Crippen LogP contribution >= 0.6 is 23.2 Å². The monoisotopic (exact) mass is 507 g/mol. The van der Waals surface area contributed by atoms with Gasteiger partial charge in [-0.2, -0.15) is 0 Å². The number of nitrogen functional groups attached to an aromatic ring is 1. The summed E-state index contributed by atoms with van der Waals surface area (Å²) in [5.74, 6) is -0.317. The molecule has 3 aromatic carbocycles. The van der Waals surface area contributed by atoms with Crippen LogP contribution in [0.3, 0.4) is 0 Å². The number of rotatable bonds is 5. The van der Waals surface area contributed by atoms with Gasteiger partial charge in [-0.25, -0.2) is 8.42 Å². The molecule has 172 valence electrons. The van der Waals surface area contributed by atoms with E-state index in [0.29, 0.717) is 11.4 Å². The summed E-state index contributed by atoms with van der Waals surface area (Å²) in [6.07, 6.45) is -0.768. The molecule has 0 radical (unpaired) electrons. The van der Waals surface area contributed by atoms with Crippen molar-refractivity contribution in [1.82, 2.24) is 0 Å². The van der Waals surface area contributed by atoms with Gasteiger partial charge in [0.25, 0.3) is 15.9 Å². The molecule has 1 aliphatic rings. The van der Waals surface area contributed by atoms with Crippen LogP contribution in [-0.2, 0) is 10.0 Å². The predicted molar refractivity (Wildman–Crippen MR) is 128 cm³/mol. The lowest BCUT2D eigenvalue weighted by Crippen LogP contribution is -2.45. The van der Waals surface area contributed by atoms with E-state index in [1.54, 1.807) is 18.2 Å². The highest BCUT2D eigenvalue weighted by molar-refractivity contribution is 7.92. The highest BCUT2D eigenvalue weighted by atomic mass is 35.5. The Bertz CT molecular complexity index is 1310. The van der Waals surface area contributed by atoms with E-state index in [1.165, 1.54) is 42.5 Å². The highest BCUT2D eigenvalue weighted by Crippen LogP contribution is 2.39. The Morgan fingerprint density at radius 1 is 1.12 bits per heavy atom. The van der Waals surface area contributed by atoms with Crippen LogP contribution in [0.15, 0.2) is 65.6 Å². The third-order valence-electron chi connectivity index (χ3n) is 4.99. The minimum atomic E-state index is -4.04. The third kappa shape index (κ3) is 4.58. The molecule has 8 nitrogen and oxygen atoms in total. The standard InChI is InChI=1S/C22H19Cl2N3O5S/c23-17-5-2-6-18(24)21(17)22(29)26-14-7-8-20-19(10-14)27(11-15(12-28)32-20)33(30,31)16-4-1-3-13(25)9-16/h1-10,15,28H,11-12,25H2,(H,26,29)/t15-/m1/s1. The van der Waals surface area contributed by atoms with Gasteiger partial charge in [-0.3, -0.25) is 9.10 Å². The van der Waals surface area contributed by atoms with Gasteiger partial charge < -0.3 is 20.9 Å². The number of aliphatic hydroxyl groups is 1. The van der Waals surface area contributed by atoms with Crippen LogP contribution in [0.25, 0.3) is 0 Å². The van der Waals surface area contributed by atoms with Crippen molar-refractivity contribution < 1.29 is 23.1 Å². The molecule has 0 spiro atoms. The van der Waals surface area contributed by atoms with Gasteiger partial charge in [-0.05, 0) is 48.5 Å². The average Bonchev–Trinajstić information content (AvgIpc) is 2.78. The van der Waals surface area contributed by atoms with Crippen molar-refractivity contribution >= 4 is 56.2 Å². The summed E-state index contributed by atoms with van der Waals surface area (Å²) in [5, 5.41) is 12.7. The molecule has 3 aromatic rings. The van der Waals surface area contributed by atoms with E-state index in [9.17, 15) is 18.3 Å². The Labute approximate surface area is 200 Å². The number of amides is 1. The first kappa shape index (κ1) is 23.2. The van der Waals surface area contributed by atoms with Gasteiger partial charge in [0.05, 0.1) is 39.3 Å². The Morgan fingerprint density at radius 2 is 1.82 bits per heavy atom. The smallest absolute Gasteiger partial charge is 0.264 e. The van der Waals surface area contributed by atoms with Gasteiger partial charge in [0, 0.05) is 11.4 Å². The van der Waals surface area contributed by atoms with Crippen molar-refractivity contribution in [2.45, 2.75) is 11.0 Å². The van der Waals surface area contributed by atoms with Crippen LogP contribution in [0.1, 0.15) is 10.4 Å². The second-order valence-electron chi connectivity index (χ2n) is 7.26. The summed E-state index contributed by atoms with van der Waals surface area (Å²) in [6.45, 7) is -0.514. The second-order valence-corrected chi connectivity index (χ2v) is 9.94. The number of fused-ring (bicyclic) bond motifs is 1. The SMILES string of the molecule is Nc1cccc(S(=O)(=O)N2C[C@H](CO)Oc3ccc(NC(=O)c4c(Cl)cccc4Cl)cc32)c1. The van der Waals surface area contributed by atoms with Crippen molar-refractivity contribution in [3.63, 3.8) is 0 Å². The van der Waals surface area contributed by atoms with Crippen molar-refractivity contribution in [3.05, 3.63) is 76.3 Å². The number of nitrogens with one attached hydrogen (secondary N) is 1. The minimum Gasteiger partial charge on any atom is -0.484 e.